The Bertz CT molecular complexity index is 352. The minimum atomic E-state index is -0.442. The molecule has 1 saturated heterocycles. The molecule has 1 aromatic carbocycles. The summed E-state index contributed by atoms with van der Waals surface area (Å²) in [5, 5.41) is 0. The molecule has 1 amide bonds. The molecule has 1 aromatic rings. The van der Waals surface area contributed by atoms with Gasteiger partial charge in [-0.25, -0.2) is 4.39 Å². The van der Waals surface area contributed by atoms with Gasteiger partial charge in [-0.1, -0.05) is 30.3 Å². The number of amides is 1. The molecular formula is C12H14FNO. The monoisotopic (exact) mass is 207 g/mol. The average molecular weight is 207 g/mol. The van der Waals surface area contributed by atoms with Gasteiger partial charge in [0.25, 0.3) is 0 Å². The molecule has 0 N–H and O–H groups in total. The van der Waals surface area contributed by atoms with Crippen molar-refractivity contribution in [2.75, 3.05) is 6.67 Å². The first kappa shape index (κ1) is 10.1. The van der Waals surface area contributed by atoms with Gasteiger partial charge in [-0.15, -0.1) is 0 Å². The van der Waals surface area contributed by atoms with Crippen molar-refractivity contribution in [2.24, 2.45) is 0 Å². The molecule has 2 unspecified atom stereocenters. The van der Waals surface area contributed by atoms with Gasteiger partial charge in [-0.2, -0.15) is 0 Å². The molecule has 0 bridgehead atoms. The number of β-lactam (4-membered cyclic amide) rings is 1. The maximum Gasteiger partial charge on any atom is 0.225 e. The predicted octanol–water partition coefficient (Wildman–Crippen LogP) is 2.32. The number of carbonyl (C=O) groups is 1. The highest BCUT2D eigenvalue weighted by Crippen LogP contribution is 2.31. The zero-order chi connectivity index (χ0) is 10.8. The molecule has 0 saturated carbocycles. The van der Waals surface area contributed by atoms with Crippen LogP contribution in [0.25, 0.3) is 0 Å². The van der Waals surface area contributed by atoms with Crippen molar-refractivity contribution in [3.63, 3.8) is 0 Å². The molecular weight excluding hydrogens is 193 g/mol. The maximum absolute atomic E-state index is 12.5. The quantitative estimate of drug-likeness (QED) is 0.696. The first-order valence-electron chi connectivity index (χ1n) is 5.16. The molecule has 0 radical (unpaired) electrons. The van der Waals surface area contributed by atoms with Gasteiger partial charge in [0.15, 0.2) is 0 Å². The summed E-state index contributed by atoms with van der Waals surface area (Å²) in [5.74, 6) is 0.0500. The minimum Gasteiger partial charge on any atom is -0.330 e. The lowest BCUT2D eigenvalue weighted by Crippen LogP contribution is -2.54. The van der Waals surface area contributed by atoms with Gasteiger partial charge in [0.1, 0.15) is 6.67 Å². The van der Waals surface area contributed by atoms with Crippen molar-refractivity contribution in [1.29, 1.82) is 0 Å². The van der Waals surface area contributed by atoms with E-state index in [1.165, 1.54) is 0 Å². The third-order valence-electron chi connectivity index (χ3n) is 2.97. The molecule has 3 heteroatoms. The Kier molecular flexibility index (Phi) is 2.71. The number of hydrogen-bond donors (Lipinski definition) is 0. The van der Waals surface area contributed by atoms with E-state index in [2.05, 4.69) is 0 Å². The van der Waals surface area contributed by atoms with E-state index in [9.17, 15) is 9.18 Å². The standard InChI is InChI=1S/C12H14FNO/c1-9(10-5-3-2-4-6-10)14-11(8-13)7-12(14)15/h2-6,9,11H,7-8H2,1H3. The van der Waals surface area contributed by atoms with Crippen LogP contribution in [0.2, 0.25) is 0 Å². The molecule has 2 rings (SSSR count). The Balaban J connectivity index is 2.14. The minimum absolute atomic E-state index is 0.0202. The first-order valence-corrected chi connectivity index (χ1v) is 5.16. The fourth-order valence-corrected chi connectivity index (χ4v) is 2.05. The summed E-state index contributed by atoms with van der Waals surface area (Å²) in [6.07, 6.45) is 0.355. The van der Waals surface area contributed by atoms with Gasteiger partial charge in [-0.3, -0.25) is 4.79 Å². The van der Waals surface area contributed by atoms with Gasteiger partial charge in [-0.05, 0) is 12.5 Å². The lowest BCUT2D eigenvalue weighted by atomic mass is 9.96. The van der Waals surface area contributed by atoms with E-state index in [1.54, 1.807) is 4.90 Å². The van der Waals surface area contributed by atoms with Gasteiger partial charge in [0.2, 0.25) is 5.91 Å². The predicted molar refractivity (Wildman–Crippen MR) is 56.1 cm³/mol. The van der Waals surface area contributed by atoms with Crippen molar-refractivity contribution in [3.05, 3.63) is 35.9 Å². The number of halogens is 1. The lowest BCUT2D eigenvalue weighted by Gasteiger charge is -2.43. The van der Waals surface area contributed by atoms with Crippen LogP contribution in [0, 0.1) is 0 Å². The van der Waals surface area contributed by atoms with E-state index in [0.717, 1.165) is 5.56 Å². The highest BCUT2D eigenvalue weighted by atomic mass is 19.1. The third kappa shape index (κ3) is 1.74. The molecule has 1 heterocycles. The number of hydrogen-bond acceptors (Lipinski definition) is 1. The van der Waals surface area contributed by atoms with Crippen LogP contribution in [-0.2, 0) is 4.79 Å². The Hall–Kier alpha value is -1.38. The summed E-state index contributed by atoms with van der Waals surface area (Å²) in [6, 6.07) is 9.49. The highest BCUT2D eigenvalue weighted by Gasteiger charge is 2.39. The van der Waals surface area contributed by atoms with Crippen LogP contribution >= 0.6 is 0 Å². The zero-order valence-corrected chi connectivity index (χ0v) is 8.69. The van der Waals surface area contributed by atoms with E-state index in [0.29, 0.717) is 6.42 Å². The van der Waals surface area contributed by atoms with Gasteiger partial charge >= 0.3 is 0 Å². The lowest BCUT2D eigenvalue weighted by molar-refractivity contribution is -0.150. The molecule has 2 nitrogen and oxygen atoms in total. The number of rotatable bonds is 3. The number of alkyl halides is 1. The molecule has 1 aliphatic heterocycles. The van der Waals surface area contributed by atoms with Crippen LogP contribution in [-0.4, -0.2) is 23.5 Å². The van der Waals surface area contributed by atoms with E-state index in [1.807, 2.05) is 37.3 Å². The molecule has 15 heavy (non-hydrogen) atoms. The third-order valence-corrected chi connectivity index (χ3v) is 2.97. The fourth-order valence-electron chi connectivity index (χ4n) is 2.05. The van der Waals surface area contributed by atoms with Crippen LogP contribution in [0.3, 0.4) is 0 Å². The van der Waals surface area contributed by atoms with E-state index >= 15 is 0 Å². The fraction of sp³-hybridized carbons (Fsp3) is 0.417. The van der Waals surface area contributed by atoms with Gasteiger partial charge in [0.05, 0.1) is 12.1 Å². The summed E-state index contributed by atoms with van der Waals surface area (Å²) in [6.45, 7) is 1.50. The largest absolute Gasteiger partial charge is 0.330 e. The Morgan fingerprint density at radius 3 is 2.67 bits per heavy atom. The highest BCUT2D eigenvalue weighted by molar-refractivity contribution is 5.83. The van der Waals surface area contributed by atoms with Crippen molar-refractivity contribution < 1.29 is 9.18 Å². The molecule has 0 spiro atoms. The average Bonchev–Trinajstić information content (AvgIpc) is 2.26. The van der Waals surface area contributed by atoms with Crippen LogP contribution < -0.4 is 0 Å². The Morgan fingerprint density at radius 1 is 1.47 bits per heavy atom. The number of likely N-dealkylation sites (tertiary alicyclic amines) is 1. The molecule has 80 valence electrons. The first-order chi connectivity index (χ1) is 7.24. The van der Waals surface area contributed by atoms with Crippen molar-refractivity contribution in [3.8, 4) is 0 Å². The molecule has 1 fully saturated rings. The summed E-state index contributed by atoms with van der Waals surface area (Å²) in [7, 11) is 0. The molecule has 0 aliphatic carbocycles. The summed E-state index contributed by atoms with van der Waals surface area (Å²) >= 11 is 0. The molecule has 0 aromatic heterocycles. The number of carbonyl (C=O) groups excluding carboxylic acids is 1. The second-order valence-electron chi connectivity index (χ2n) is 3.90. The van der Waals surface area contributed by atoms with Crippen LogP contribution in [0.1, 0.15) is 24.9 Å². The van der Waals surface area contributed by atoms with Crippen LogP contribution in [0.4, 0.5) is 4.39 Å². The summed E-state index contributed by atoms with van der Waals surface area (Å²) in [4.78, 5) is 13.0. The second kappa shape index (κ2) is 4.01. The van der Waals surface area contributed by atoms with Crippen LogP contribution in [0.15, 0.2) is 30.3 Å². The summed E-state index contributed by atoms with van der Waals surface area (Å²) < 4.78 is 12.5. The van der Waals surface area contributed by atoms with Crippen LogP contribution in [0.5, 0.6) is 0 Å². The van der Waals surface area contributed by atoms with Gasteiger partial charge in [0, 0.05) is 6.42 Å². The normalized spacial score (nSPS) is 22.4. The Morgan fingerprint density at radius 2 is 2.13 bits per heavy atom. The van der Waals surface area contributed by atoms with Crippen molar-refractivity contribution in [2.45, 2.75) is 25.4 Å². The topological polar surface area (TPSA) is 20.3 Å². The zero-order valence-electron chi connectivity index (χ0n) is 8.69. The van der Waals surface area contributed by atoms with Crippen molar-refractivity contribution in [1.82, 2.24) is 4.90 Å². The number of nitrogens with zero attached hydrogens (tertiary/aromatic N) is 1. The molecule has 1 aliphatic rings. The maximum atomic E-state index is 12.5. The summed E-state index contributed by atoms with van der Waals surface area (Å²) in [5.41, 5.74) is 1.06. The van der Waals surface area contributed by atoms with Gasteiger partial charge < -0.3 is 4.90 Å². The van der Waals surface area contributed by atoms with Crippen molar-refractivity contribution >= 4 is 5.91 Å². The van der Waals surface area contributed by atoms with E-state index in [4.69, 9.17) is 0 Å². The van der Waals surface area contributed by atoms with E-state index in [-0.39, 0.29) is 18.0 Å². The number of benzene rings is 1. The Labute approximate surface area is 88.7 Å². The SMILES string of the molecule is CC(c1ccccc1)N1C(=O)CC1CF. The van der Waals surface area contributed by atoms with E-state index < -0.39 is 6.67 Å². The molecule has 2 atom stereocenters. The smallest absolute Gasteiger partial charge is 0.225 e. The second-order valence-corrected chi connectivity index (χ2v) is 3.90.